The molecular weight excluding hydrogens is 257 g/mol. The second-order valence-corrected chi connectivity index (χ2v) is 6.67. The van der Waals surface area contributed by atoms with Gasteiger partial charge in [-0.2, -0.15) is 0 Å². The highest BCUT2D eigenvalue weighted by Gasteiger charge is 2.61. The van der Waals surface area contributed by atoms with Crippen LogP contribution in [-0.4, -0.2) is 23.9 Å². The summed E-state index contributed by atoms with van der Waals surface area (Å²) in [5.41, 5.74) is 0.00353. The lowest BCUT2D eigenvalue weighted by molar-refractivity contribution is -0.134. The summed E-state index contributed by atoms with van der Waals surface area (Å²) in [5, 5.41) is 0. The Hall–Kier alpha value is -0.210. The van der Waals surface area contributed by atoms with E-state index in [2.05, 4.69) is 13.8 Å². The summed E-state index contributed by atoms with van der Waals surface area (Å²) in [6, 6.07) is 0. The largest absolute Gasteiger partial charge is 0.342 e. The summed E-state index contributed by atoms with van der Waals surface area (Å²) in [7, 11) is 0. The van der Waals surface area contributed by atoms with Crippen LogP contribution in [0.2, 0.25) is 0 Å². The van der Waals surface area contributed by atoms with Crippen LogP contribution in [0.15, 0.2) is 10.6 Å². The molecule has 2 nitrogen and oxygen atoms in total. The fourth-order valence-electron chi connectivity index (χ4n) is 2.91. The first-order valence-electron chi connectivity index (χ1n) is 6.26. The van der Waals surface area contributed by atoms with E-state index in [-0.39, 0.29) is 27.6 Å². The number of amides is 1. The number of allylic oxidation sites excluding steroid dienone is 1. The van der Waals surface area contributed by atoms with Crippen molar-refractivity contribution in [3.8, 4) is 0 Å². The van der Waals surface area contributed by atoms with E-state index < -0.39 is 0 Å². The fourth-order valence-corrected chi connectivity index (χ4v) is 3.18. The van der Waals surface area contributed by atoms with E-state index in [9.17, 15) is 4.79 Å². The van der Waals surface area contributed by atoms with Gasteiger partial charge in [0.15, 0.2) is 0 Å². The summed E-state index contributed by atoms with van der Waals surface area (Å²) in [5.74, 6) is 0.542. The Morgan fingerprint density at radius 3 is 2.35 bits per heavy atom. The Bertz CT molecular complexity index is 341. The van der Waals surface area contributed by atoms with E-state index in [0.29, 0.717) is 0 Å². The fraction of sp³-hybridized carbons (Fsp3) is 0.769. The van der Waals surface area contributed by atoms with Gasteiger partial charge < -0.3 is 4.90 Å². The average molecular weight is 276 g/mol. The van der Waals surface area contributed by atoms with Crippen LogP contribution in [0.25, 0.3) is 0 Å². The van der Waals surface area contributed by atoms with Gasteiger partial charge in [-0.1, -0.05) is 37.0 Å². The van der Waals surface area contributed by atoms with Crippen LogP contribution in [0.4, 0.5) is 0 Å². The highest BCUT2D eigenvalue weighted by atomic mass is 35.5. The summed E-state index contributed by atoms with van der Waals surface area (Å²) < 4.78 is 0.275. The van der Waals surface area contributed by atoms with Crippen LogP contribution in [0.5, 0.6) is 0 Å². The molecule has 17 heavy (non-hydrogen) atoms. The van der Waals surface area contributed by atoms with Crippen LogP contribution in [0.3, 0.4) is 0 Å². The first-order valence-corrected chi connectivity index (χ1v) is 7.02. The summed E-state index contributed by atoms with van der Waals surface area (Å²) in [6.45, 7) is 6.04. The highest BCUT2D eigenvalue weighted by molar-refractivity contribution is 6.55. The van der Waals surface area contributed by atoms with Crippen molar-refractivity contribution in [3.63, 3.8) is 0 Å². The van der Waals surface area contributed by atoms with Crippen molar-refractivity contribution in [2.24, 2.45) is 17.3 Å². The predicted octanol–water partition coefficient (Wildman–Crippen LogP) is 3.59. The SMILES string of the molecule is CC1(C)[C@H](C=C(Cl)Cl)[C@H]1C(=O)N1CCCCC1. The normalized spacial score (nSPS) is 30.9. The third-order valence-electron chi connectivity index (χ3n) is 4.15. The van der Waals surface area contributed by atoms with E-state index in [1.165, 1.54) is 6.42 Å². The molecule has 2 fully saturated rings. The number of halogens is 2. The monoisotopic (exact) mass is 275 g/mol. The molecule has 0 aromatic rings. The van der Waals surface area contributed by atoms with Crippen molar-refractivity contribution in [2.45, 2.75) is 33.1 Å². The Kier molecular flexibility index (Phi) is 3.74. The maximum absolute atomic E-state index is 12.4. The predicted molar refractivity (Wildman–Crippen MR) is 71.0 cm³/mol. The molecule has 1 heterocycles. The van der Waals surface area contributed by atoms with Gasteiger partial charge in [-0.25, -0.2) is 0 Å². The third-order valence-corrected chi connectivity index (χ3v) is 4.40. The Morgan fingerprint density at radius 1 is 1.24 bits per heavy atom. The zero-order valence-electron chi connectivity index (χ0n) is 10.4. The molecule has 4 heteroatoms. The maximum atomic E-state index is 12.4. The van der Waals surface area contributed by atoms with Gasteiger partial charge in [-0.3, -0.25) is 4.79 Å². The number of likely N-dealkylation sites (tertiary alicyclic amines) is 1. The van der Waals surface area contributed by atoms with Gasteiger partial charge in [-0.15, -0.1) is 0 Å². The molecule has 0 spiro atoms. The van der Waals surface area contributed by atoms with Gasteiger partial charge in [0.1, 0.15) is 4.49 Å². The van der Waals surface area contributed by atoms with E-state index in [4.69, 9.17) is 23.2 Å². The molecule has 1 amide bonds. The topological polar surface area (TPSA) is 20.3 Å². The Morgan fingerprint density at radius 2 is 1.82 bits per heavy atom. The van der Waals surface area contributed by atoms with Gasteiger partial charge in [0.25, 0.3) is 0 Å². The average Bonchev–Trinajstić information content (AvgIpc) is 2.80. The smallest absolute Gasteiger partial charge is 0.226 e. The zero-order chi connectivity index (χ0) is 12.6. The second-order valence-electron chi connectivity index (χ2n) is 5.67. The van der Waals surface area contributed by atoms with Crippen LogP contribution in [0.1, 0.15) is 33.1 Å². The molecule has 0 radical (unpaired) electrons. The second kappa shape index (κ2) is 4.81. The van der Waals surface area contributed by atoms with E-state index in [1.54, 1.807) is 0 Å². The molecule has 0 unspecified atom stereocenters. The lowest BCUT2D eigenvalue weighted by atomic mass is 10.1. The quantitative estimate of drug-likeness (QED) is 0.754. The lowest BCUT2D eigenvalue weighted by Gasteiger charge is -2.27. The number of carbonyl (C=O) groups is 1. The van der Waals surface area contributed by atoms with Gasteiger partial charge in [0, 0.05) is 13.1 Å². The Labute approximate surface area is 113 Å². The minimum absolute atomic E-state index is 0.00353. The molecule has 0 bridgehead atoms. The number of carbonyl (C=O) groups excluding carboxylic acids is 1. The van der Waals surface area contributed by atoms with Gasteiger partial charge in [-0.05, 0) is 36.7 Å². The van der Waals surface area contributed by atoms with Crippen LogP contribution >= 0.6 is 23.2 Å². The van der Waals surface area contributed by atoms with Crippen molar-refractivity contribution in [1.29, 1.82) is 0 Å². The summed E-state index contributed by atoms with van der Waals surface area (Å²) in [4.78, 5) is 14.4. The van der Waals surface area contributed by atoms with Crippen LogP contribution in [-0.2, 0) is 4.79 Å². The molecular formula is C13H19Cl2NO. The first-order chi connectivity index (χ1) is 7.94. The zero-order valence-corrected chi connectivity index (χ0v) is 11.9. The van der Waals surface area contributed by atoms with Crippen molar-refractivity contribution >= 4 is 29.1 Å². The molecule has 0 N–H and O–H groups in total. The van der Waals surface area contributed by atoms with Crippen molar-refractivity contribution < 1.29 is 4.79 Å². The number of rotatable bonds is 2. The molecule has 2 aliphatic rings. The molecule has 1 saturated carbocycles. The standard InChI is InChI=1S/C13H19Cl2NO/c1-13(2)9(8-10(14)15)11(13)12(17)16-6-4-3-5-7-16/h8-9,11H,3-7H2,1-2H3/t9-,11+/m1/s1. The molecule has 0 aromatic heterocycles. The number of hydrogen-bond acceptors (Lipinski definition) is 1. The molecule has 2 atom stereocenters. The van der Waals surface area contributed by atoms with Gasteiger partial charge in [0.2, 0.25) is 5.91 Å². The molecule has 1 saturated heterocycles. The third kappa shape index (κ3) is 2.63. The molecule has 0 aromatic carbocycles. The highest BCUT2D eigenvalue weighted by Crippen LogP contribution is 2.60. The number of hydrogen-bond donors (Lipinski definition) is 0. The van der Waals surface area contributed by atoms with E-state index in [1.807, 2.05) is 11.0 Å². The first kappa shape index (κ1) is 13.2. The molecule has 2 rings (SSSR count). The number of piperidine rings is 1. The van der Waals surface area contributed by atoms with Crippen LogP contribution < -0.4 is 0 Å². The Balaban J connectivity index is 2.03. The minimum atomic E-state index is 0.00353. The van der Waals surface area contributed by atoms with Crippen molar-refractivity contribution in [3.05, 3.63) is 10.6 Å². The molecule has 1 aliphatic heterocycles. The van der Waals surface area contributed by atoms with Crippen molar-refractivity contribution in [1.82, 2.24) is 4.90 Å². The van der Waals surface area contributed by atoms with Crippen molar-refractivity contribution in [2.75, 3.05) is 13.1 Å². The molecule has 96 valence electrons. The maximum Gasteiger partial charge on any atom is 0.226 e. The van der Waals surface area contributed by atoms with E-state index >= 15 is 0 Å². The summed E-state index contributed by atoms with van der Waals surface area (Å²) in [6.07, 6.45) is 5.33. The minimum Gasteiger partial charge on any atom is -0.342 e. The van der Waals surface area contributed by atoms with Crippen LogP contribution in [0, 0.1) is 17.3 Å². The summed E-state index contributed by atoms with van der Waals surface area (Å²) >= 11 is 11.4. The number of nitrogens with zero attached hydrogens (tertiary/aromatic N) is 1. The van der Waals surface area contributed by atoms with Gasteiger partial charge >= 0.3 is 0 Å². The van der Waals surface area contributed by atoms with Gasteiger partial charge in [0.05, 0.1) is 5.92 Å². The molecule has 1 aliphatic carbocycles. The van der Waals surface area contributed by atoms with E-state index in [0.717, 1.165) is 25.9 Å². The lowest BCUT2D eigenvalue weighted by Crippen LogP contribution is -2.37.